The fourth-order valence-electron chi connectivity index (χ4n) is 2.71. The quantitative estimate of drug-likeness (QED) is 0.814. The van der Waals surface area contributed by atoms with E-state index < -0.39 is 0 Å². The molecule has 0 spiro atoms. The van der Waals surface area contributed by atoms with Gasteiger partial charge in [0.2, 0.25) is 0 Å². The Kier molecular flexibility index (Phi) is 3.61. The van der Waals surface area contributed by atoms with Gasteiger partial charge in [0.25, 0.3) is 0 Å². The third-order valence-electron chi connectivity index (χ3n) is 3.47. The van der Waals surface area contributed by atoms with Gasteiger partial charge in [-0.15, -0.1) is 0 Å². The molecule has 0 aromatic rings. The lowest BCUT2D eigenvalue weighted by Gasteiger charge is -2.32. The molecule has 0 aliphatic carbocycles. The lowest BCUT2D eigenvalue weighted by atomic mass is 9.87. The van der Waals surface area contributed by atoms with Crippen LogP contribution in [-0.4, -0.2) is 42.7 Å². The van der Waals surface area contributed by atoms with Gasteiger partial charge in [-0.3, -0.25) is 4.99 Å². The van der Waals surface area contributed by atoms with Crippen LogP contribution in [0.4, 0.5) is 0 Å². The Morgan fingerprint density at radius 2 is 2.24 bits per heavy atom. The topological polar surface area (TPSA) is 50.8 Å². The molecule has 2 unspecified atom stereocenters. The van der Waals surface area contributed by atoms with Crippen LogP contribution in [0.25, 0.3) is 0 Å². The predicted octanol–water partition coefficient (Wildman–Crippen LogP) is 1.60. The number of ether oxygens (including phenoxy) is 1. The van der Waals surface area contributed by atoms with Crippen molar-refractivity contribution in [2.45, 2.75) is 52.2 Å². The Morgan fingerprint density at radius 1 is 1.47 bits per heavy atom. The van der Waals surface area contributed by atoms with E-state index in [4.69, 9.17) is 10.5 Å². The standard InChI is InChI=1S/C13H25N3O/c1-13(2,3)7-10-8-15-12(14)16(10)9-11-5-4-6-17-11/h10-11H,4-9H2,1-3H3,(H2,14,15). The predicted molar refractivity (Wildman–Crippen MR) is 70.0 cm³/mol. The molecule has 1 fully saturated rings. The summed E-state index contributed by atoms with van der Waals surface area (Å²) in [6.45, 7) is 9.47. The van der Waals surface area contributed by atoms with Crippen molar-refractivity contribution in [3.63, 3.8) is 0 Å². The van der Waals surface area contributed by atoms with Crippen LogP contribution in [0, 0.1) is 5.41 Å². The van der Waals surface area contributed by atoms with E-state index in [1.54, 1.807) is 0 Å². The summed E-state index contributed by atoms with van der Waals surface area (Å²) in [6.07, 6.45) is 3.82. The minimum atomic E-state index is 0.319. The maximum Gasteiger partial charge on any atom is 0.191 e. The summed E-state index contributed by atoms with van der Waals surface area (Å²) in [4.78, 5) is 6.64. The molecule has 1 saturated heterocycles. The molecule has 17 heavy (non-hydrogen) atoms. The second-order valence-corrected chi connectivity index (χ2v) is 6.40. The first-order valence-corrected chi connectivity index (χ1v) is 6.64. The summed E-state index contributed by atoms with van der Waals surface area (Å²) < 4.78 is 5.69. The molecule has 98 valence electrons. The maximum absolute atomic E-state index is 5.99. The van der Waals surface area contributed by atoms with E-state index in [0.717, 1.165) is 32.5 Å². The Bertz CT molecular complexity index is 290. The van der Waals surface area contributed by atoms with Crippen LogP contribution < -0.4 is 5.73 Å². The highest BCUT2D eigenvalue weighted by Crippen LogP contribution is 2.27. The highest BCUT2D eigenvalue weighted by molar-refractivity contribution is 5.80. The summed E-state index contributed by atoms with van der Waals surface area (Å²) in [5.74, 6) is 0.703. The minimum absolute atomic E-state index is 0.319. The largest absolute Gasteiger partial charge is 0.376 e. The first-order chi connectivity index (χ1) is 7.96. The van der Waals surface area contributed by atoms with Crippen LogP contribution in [-0.2, 0) is 4.74 Å². The number of hydrogen-bond acceptors (Lipinski definition) is 4. The van der Waals surface area contributed by atoms with Crippen molar-refractivity contribution in [3.8, 4) is 0 Å². The number of hydrogen-bond donors (Lipinski definition) is 1. The van der Waals surface area contributed by atoms with Crippen molar-refractivity contribution < 1.29 is 4.74 Å². The van der Waals surface area contributed by atoms with Gasteiger partial charge in [0.15, 0.2) is 5.96 Å². The number of nitrogens with zero attached hydrogens (tertiary/aromatic N) is 2. The lowest BCUT2D eigenvalue weighted by Crippen LogP contribution is -2.46. The summed E-state index contributed by atoms with van der Waals surface area (Å²) >= 11 is 0. The summed E-state index contributed by atoms with van der Waals surface area (Å²) in [7, 11) is 0. The smallest absolute Gasteiger partial charge is 0.191 e. The highest BCUT2D eigenvalue weighted by Gasteiger charge is 2.32. The van der Waals surface area contributed by atoms with Gasteiger partial charge in [-0.05, 0) is 24.7 Å². The fourth-order valence-corrected chi connectivity index (χ4v) is 2.71. The summed E-state index contributed by atoms with van der Waals surface area (Å²) in [6, 6.07) is 0.458. The lowest BCUT2D eigenvalue weighted by molar-refractivity contribution is 0.0804. The van der Waals surface area contributed by atoms with Gasteiger partial charge in [-0.2, -0.15) is 0 Å². The van der Waals surface area contributed by atoms with Crippen molar-refractivity contribution in [1.29, 1.82) is 0 Å². The molecule has 2 heterocycles. The normalized spacial score (nSPS) is 29.8. The van der Waals surface area contributed by atoms with Crippen LogP contribution in [0.2, 0.25) is 0 Å². The number of aliphatic imine (C=N–C) groups is 1. The van der Waals surface area contributed by atoms with Crippen molar-refractivity contribution in [2.75, 3.05) is 19.7 Å². The molecule has 2 rings (SSSR count). The Morgan fingerprint density at radius 3 is 2.82 bits per heavy atom. The van der Waals surface area contributed by atoms with E-state index in [0.29, 0.717) is 23.5 Å². The van der Waals surface area contributed by atoms with Crippen LogP contribution in [0.15, 0.2) is 4.99 Å². The third-order valence-corrected chi connectivity index (χ3v) is 3.47. The highest BCUT2D eigenvalue weighted by atomic mass is 16.5. The Hall–Kier alpha value is -0.770. The van der Waals surface area contributed by atoms with E-state index in [2.05, 4.69) is 30.7 Å². The zero-order valence-corrected chi connectivity index (χ0v) is 11.3. The minimum Gasteiger partial charge on any atom is -0.376 e. The van der Waals surface area contributed by atoms with E-state index in [1.165, 1.54) is 6.42 Å². The second kappa shape index (κ2) is 4.84. The fraction of sp³-hybridized carbons (Fsp3) is 0.923. The van der Waals surface area contributed by atoms with Crippen molar-refractivity contribution in [1.82, 2.24) is 4.90 Å². The molecule has 4 heteroatoms. The molecule has 2 aliphatic heterocycles. The van der Waals surface area contributed by atoms with Crippen molar-refractivity contribution >= 4 is 5.96 Å². The van der Waals surface area contributed by atoms with Crippen molar-refractivity contribution in [3.05, 3.63) is 0 Å². The Labute approximate surface area is 104 Å². The zero-order valence-electron chi connectivity index (χ0n) is 11.3. The molecule has 0 aromatic carbocycles. The molecular weight excluding hydrogens is 214 g/mol. The van der Waals surface area contributed by atoms with Gasteiger partial charge < -0.3 is 15.4 Å². The van der Waals surface area contributed by atoms with Gasteiger partial charge in [-0.1, -0.05) is 20.8 Å². The van der Waals surface area contributed by atoms with Gasteiger partial charge in [0.05, 0.1) is 18.7 Å². The molecular formula is C13H25N3O. The molecule has 0 amide bonds. The summed E-state index contributed by atoms with van der Waals surface area (Å²) in [5, 5.41) is 0. The first kappa shape index (κ1) is 12.7. The van der Waals surface area contributed by atoms with Crippen LogP contribution in [0.1, 0.15) is 40.0 Å². The average Bonchev–Trinajstić information content (AvgIpc) is 2.80. The molecule has 2 aliphatic rings. The van der Waals surface area contributed by atoms with E-state index in [1.807, 2.05) is 0 Å². The average molecular weight is 239 g/mol. The molecule has 0 saturated carbocycles. The zero-order chi connectivity index (χ0) is 12.5. The van der Waals surface area contributed by atoms with Gasteiger partial charge in [-0.25, -0.2) is 0 Å². The number of rotatable bonds is 3. The third kappa shape index (κ3) is 3.35. The van der Waals surface area contributed by atoms with Gasteiger partial charge in [0.1, 0.15) is 0 Å². The van der Waals surface area contributed by atoms with Gasteiger partial charge in [0, 0.05) is 13.2 Å². The molecule has 0 bridgehead atoms. The second-order valence-electron chi connectivity index (χ2n) is 6.40. The molecule has 2 atom stereocenters. The first-order valence-electron chi connectivity index (χ1n) is 6.64. The summed E-state index contributed by atoms with van der Waals surface area (Å²) in [5.41, 5.74) is 6.31. The van der Waals surface area contributed by atoms with Crippen molar-refractivity contribution in [2.24, 2.45) is 16.1 Å². The van der Waals surface area contributed by atoms with Gasteiger partial charge >= 0.3 is 0 Å². The number of nitrogens with two attached hydrogens (primary N) is 1. The monoisotopic (exact) mass is 239 g/mol. The van der Waals surface area contributed by atoms with Crippen LogP contribution >= 0.6 is 0 Å². The van der Waals surface area contributed by atoms with E-state index in [9.17, 15) is 0 Å². The molecule has 4 nitrogen and oxygen atoms in total. The molecule has 2 N–H and O–H groups in total. The van der Waals surface area contributed by atoms with Crippen LogP contribution in [0.3, 0.4) is 0 Å². The van der Waals surface area contributed by atoms with Crippen LogP contribution in [0.5, 0.6) is 0 Å². The molecule has 0 aromatic heterocycles. The van der Waals surface area contributed by atoms with E-state index >= 15 is 0 Å². The number of guanidine groups is 1. The maximum atomic E-state index is 5.99. The molecule has 0 radical (unpaired) electrons. The van der Waals surface area contributed by atoms with E-state index in [-0.39, 0.29) is 0 Å². The Balaban J connectivity index is 1.93. The SMILES string of the molecule is CC(C)(C)CC1CN=C(N)N1CC1CCCO1.